The van der Waals surface area contributed by atoms with E-state index in [2.05, 4.69) is 45.4 Å². The molecule has 0 fully saturated rings. The van der Waals surface area contributed by atoms with Crippen LogP contribution in [-0.2, 0) is 6.61 Å². The van der Waals surface area contributed by atoms with E-state index in [0.29, 0.717) is 23.7 Å². The molecule has 0 spiro atoms. The van der Waals surface area contributed by atoms with Crippen molar-refractivity contribution in [3.63, 3.8) is 0 Å². The summed E-state index contributed by atoms with van der Waals surface area (Å²) in [7, 11) is 1.58. The van der Waals surface area contributed by atoms with Crippen molar-refractivity contribution in [1.29, 1.82) is 0 Å². The number of rotatable bonds is 5. The maximum atomic E-state index is 8.68. The summed E-state index contributed by atoms with van der Waals surface area (Å²) in [4.78, 5) is 0. The fraction of sp³-hybridized carbons (Fsp3) is 0.105. The van der Waals surface area contributed by atoms with Crippen LogP contribution in [0.2, 0.25) is 0 Å². The molecule has 0 aliphatic carbocycles. The molecule has 0 heterocycles. The third kappa shape index (κ3) is 3.36. The van der Waals surface area contributed by atoms with Gasteiger partial charge in [-0.15, -0.1) is 0 Å². The topological polar surface area (TPSA) is 51.0 Å². The molecule has 0 aliphatic heterocycles. The van der Waals surface area contributed by atoms with Crippen molar-refractivity contribution >= 4 is 32.9 Å². The largest absolute Gasteiger partial charge is 0.493 e. The average molecular weight is 386 g/mol. The van der Waals surface area contributed by atoms with Gasteiger partial charge >= 0.3 is 0 Å². The third-order valence-electron chi connectivity index (χ3n) is 3.71. The Morgan fingerprint density at radius 2 is 1.92 bits per heavy atom. The van der Waals surface area contributed by atoms with E-state index in [1.807, 2.05) is 18.2 Å². The van der Waals surface area contributed by atoms with E-state index in [4.69, 9.17) is 14.7 Å². The quantitative estimate of drug-likeness (QED) is 0.382. The molecule has 3 aromatic rings. The van der Waals surface area contributed by atoms with Gasteiger partial charge in [0.15, 0.2) is 11.5 Å². The molecule has 24 heavy (non-hydrogen) atoms. The molecule has 4 nitrogen and oxygen atoms in total. The number of nitrogens with zero attached hydrogens (tertiary/aromatic N) is 1. The Morgan fingerprint density at radius 3 is 2.71 bits per heavy atom. The van der Waals surface area contributed by atoms with Crippen molar-refractivity contribution in [1.82, 2.24) is 0 Å². The maximum Gasteiger partial charge on any atom is 0.175 e. The number of fused-ring (bicyclic) bond motifs is 1. The van der Waals surface area contributed by atoms with Crippen LogP contribution in [-0.4, -0.2) is 18.5 Å². The van der Waals surface area contributed by atoms with Gasteiger partial charge in [-0.1, -0.05) is 47.6 Å². The fourth-order valence-electron chi connectivity index (χ4n) is 2.59. The number of benzene rings is 3. The van der Waals surface area contributed by atoms with Gasteiger partial charge in [0.05, 0.1) is 17.8 Å². The van der Waals surface area contributed by atoms with Crippen LogP contribution in [0, 0.1) is 0 Å². The SMILES string of the molecule is COc1cc(/C=N\O)cc(Br)c1OCc1cccc2ccccc12. The lowest BCUT2D eigenvalue weighted by molar-refractivity contribution is 0.283. The number of hydrogen-bond donors (Lipinski definition) is 1. The fourth-order valence-corrected chi connectivity index (χ4v) is 3.16. The predicted molar refractivity (Wildman–Crippen MR) is 98.4 cm³/mol. The highest BCUT2D eigenvalue weighted by Crippen LogP contribution is 2.37. The molecule has 0 aromatic heterocycles. The molecule has 1 N–H and O–H groups in total. The minimum absolute atomic E-state index is 0.420. The van der Waals surface area contributed by atoms with Gasteiger partial charge in [-0.2, -0.15) is 0 Å². The smallest absolute Gasteiger partial charge is 0.175 e. The van der Waals surface area contributed by atoms with Crippen LogP contribution >= 0.6 is 15.9 Å². The zero-order chi connectivity index (χ0) is 16.9. The number of ether oxygens (including phenoxy) is 2. The highest BCUT2D eigenvalue weighted by Gasteiger charge is 2.12. The Hall–Kier alpha value is -2.53. The van der Waals surface area contributed by atoms with Gasteiger partial charge in [-0.3, -0.25) is 0 Å². The van der Waals surface area contributed by atoms with Gasteiger partial charge in [-0.05, 0) is 44.4 Å². The predicted octanol–water partition coefficient (Wildman–Crippen LogP) is 5.00. The second kappa shape index (κ2) is 7.36. The van der Waals surface area contributed by atoms with Gasteiger partial charge < -0.3 is 14.7 Å². The molecule has 0 radical (unpaired) electrons. The number of halogens is 1. The van der Waals surface area contributed by atoms with Crippen LogP contribution in [0.5, 0.6) is 11.5 Å². The third-order valence-corrected chi connectivity index (χ3v) is 4.30. The van der Waals surface area contributed by atoms with Crippen LogP contribution < -0.4 is 9.47 Å². The van der Waals surface area contributed by atoms with Crippen LogP contribution in [0.4, 0.5) is 0 Å². The second-order valence-electron chi connectivity index (χ2n) is 5.21. The Morgan fingerprint density at radius 1 is 1.12 bits per heavy atom. The average Bonchev–Trinajstić information content (AvgIpc) is 2.60. The van der Waals surface area contributed by atoms with Gasteiger partial charge in [0.2, 0.25) is 0 Å². The van der Waals surface area contributed by atoms with Crippen molar-refractivity contribution < 1.29 is 14.7 Å². The summed E-state index contributed by atoms with van der Waals surface area (Å²) in [5.74, 6) is 1.18. The molecule has 0 aliphatic rings. The van der Waals surface area contributed by atoms with Crippen LogP contribution in [0.3, 0.4) is 0 Å². The minimum atomic E-state index is 0.420. The standard InChI is InChI=1S/C19H16BrNO3/c1-23-18-10-13(11-21-22)9-17(20)19(18)24-12-15-7-4-6-14-5-2-3-8-16(14)15/h2-11,22H,12H2,1H3/b21-11-. The first-order valence-electron chi connectivity index (χ1n) is 7.37. The molecule has 3 rings (SSSR count). The molecular formula is C19H16BrNO3. The number of hydrogen-bond acceptors (Lipinski definition) is 4. The monoisotopic (exact) mass is 385 g/mol. The van der Waals surface area contributed by atoms with E-state index in [9.17, 15) is 0 Å². The Labute approximate surface area is 148 Å². The second-order valence-corrected chi connectivity index (χ2v) is 6.06. The highest BCUT2D eigenvalue weighted by atomic mass is 79.9. The first kappa shape index (κ1) is 16.3. The maximum absolute atomic E-state index is 8.68. The summed E-state index contributed by atoms with van der Waals surface area (Å²) < 4.78 is 12.1. The zero-order valence-corrected chi connectivity index (χ0v) is 14.7. The van der Waals surface area contributed by atoms with Crippen molar-refractivity contribution in [3.05, 3.63) is 70.2 Å². The van der Waals surface area contributed by atoms with E-state index in [1.165, 1.54) is 17.0 Å². The minimum Gasteiger partial charge on any atom is -0.493 e. The van der Waals surface area contributed by atoms with Crippen LogP contribution in [0.1, 0.15) is 11.1 Å². The summed E-state index contributed by atoms with van der Waals surface area (Å²) in [5, 5.41) is 14.1. The normalized spacial score (nSPS) is 11.1. The summed E-state index contributed by atoms with van der Waals surface area (Å²) in [6.45, 7) is 0.420. The molecule has 122 valence electrons. The Kier molecular flexibility index (Phi) is 5.01. The molecule has 3 aromatic carbocycles. The van der Waals surface area contributed by atoms with E-state index in [-0.39, 0.29) is 0 Å². The van der Waals surface area contributed by atoms with Crippen molar-refractivity contribution in [2.24, 2.45) is 5.16 Å². The molecule has 0 amide bonds. The van der Waals surface area contributed by atoms with Crippen molar-refractivity contribution in [2.75, 3.05) is 7.11 Å². The van der Waals surface area contributed by atoms with Crippen molar-refractivity contribution in [3.8, 4) is 11.5 Å². The summed E-state index contributed by atoms with van der Waals surface area (Å²) in [6, 6.07) is 17.9. The lowest BCUT2D eigenvalue weighted by Crippen LogP contribution is -2.00. The molecule has 0 saturated carbocycles. The molecule has 0 saturated heterocycles. The lowest BCUT2D eigenvalue weighted by atomic mass is 10.1. The van der Waals surface area contributed by atoms with Gasteiger partial charge in [0.1, 0.15) is 6.61 Å². The molecule has 0 bridgehead atoms. The number of methoxy groups -OCH3 is 1. The zero-order valence-electron chi connectivity index (χ0n) is 13.1. The van der Waals surface area contributed by atoms with Gasteiger partial charge in [0, 0.05) is 5.56 Å². The molecular weight excluding hydrogens is 370 g/mol. The first-order chi connectivity index (χ1) is 11.7. The van der Waals surface area contributed by atoms with E-state index >= 15 is 0 Å². The van der Waals surface area contributed by atoms with E-state index in [0.717, 1.165) is 10.0 Å². The lowest BCUT2D eigenvalue weighted by Gasteiger charge is -2.14. The Balaban J connectivity index is 1.91. The van der Waals surface area contributed by atoms with E-state index in [1.54, 1.807) is 19.2 Å². The summed E-state index contributed by atoms with van der Waals surface area (Å²) in [5.41, 5.74) is 1.81. The molecule has 0 atom stereocenters. The van der Waals surface area contributed by atoms with Gasteiger partial charge in [0.25, 0.3) is 0 Å². The number of oxime groups is 1. The van der Waals surface area contributed by atoms with Gasteiger partial charge in [-0.25, -0.2) is 0 Å². The molecule has 5 heteroatoms. The Bertz CT molecular complexity index is 888. The first-order valence-corrected chi connectivity index (χ1v) is 8.16. The van der Waals surface area contributed by atoms with Crippen molar-refractivity contribution in [2.45, 2.75) is 6.61 Å². The molecule has 0 unspecified atom stereocenters. The highest BCUT2D eigenvalue weighted by molar-refractivity contribution is 9.10. The van der Waals surface area contributed by atoms with E-state index < -0.39 is 0 Å². The summed E-state index contributed by atoms with van der Waals surface area (Å²) in [6.07, 6.45) is 1.34. The van der Waals surface area contributed by atoms with Crippen LogP contribution in [0.15, 0.2) is 64.2 Å². The van der Waals surface area contributed by atoms with Crippen LogP contribution in [0.25, 0.3) is 10.8 Å². The summed E-state index contributed by atoms with van der Waals surface area (Å²) >= 11 is 3.48.